The van der Waals surface area contributed by atoms with Gasteiger partial charge in [0.1, 0.15) is 0 Å². The van der Waals surface area contributed by atoms with Gasteiger partial charge in [-0.25, -0.2) is 9.78 Å². The minimum atomic E-state index is -0.805. The summed E-state index contributed by atoms with van der Waals surface area (Å²) < 4.78 is 20.4. The molecule has 0 radical (unpaired) electrons. The molecular formula is C39H62O9. The second-order valence-corrected chi connectivity index (χ2v) is 18.8. The van der Waals surface area contributed by atoms with Gasteiger partial charge in [-0.05, 0) is 136 Å². The standard InChI is InChI=1S/C39H62O9/c1-20(8-12-32(42)43)25-10-11-28-33-29(19-31(41)38(25,28)6)36(4)15-13-24(17-23(36)18-30(33)40)44-34-22(3)27-9-7-21(2)26-14-16-37(5)46-35(45-34)39(26,27)48-47-37/h20-31,33-35,40-41H,7-19H2,1-6H3,(H,42,43)/t20-,21-,22-,23?,24-,25-,26?,27?,28?,29?,30+,31+,33?,34?,35?,36+,37+,38-,39?/m1/s1. The lowest BCUT2D eigenvalue weighted by atomic mass is 9.43. The summed E-state index contributed by atoms with van der Waals surface area (Å²) >= 11 is 0. The van der Waals surface area contributed by atoms with E-state index in [1.54, 1.807) is 0 Å². The van der Waals surface area contributed by atoms with Crippen molar-refractivity contribution in [2.24, 2.45) is 70.0 Å². The van der Waals surface area contributed by atoms with Crippen LogP contribution in [0.4, 0.5) is 0 Å². The van der Waals surface area contributed by atoms with Crippen LogP contribution in [0.2, 0.25) is 0 Å². The predicted octanol–water partition coefficient (Wildman–Crippen LogP) is 6.68. The molecular weight excluding hydrogens is 612 g/mol. The summed E-state index contributed by atoms with van der Waals surface area (Å²) in [5, 5.41) is 33.2. The Hall–Kier alpha value is -0.810. The van der Waals surface area contributed by atoms with Gasteiger partial charge in [-0.2, -0.15) is 0 Å². The zero-order chi connectivity index (χ0) is 34.0. The van der Waals surface area contributed by atoms with Crippen LogP contribution in [-0.2, 0) is 28.8 Å². The summed E-state index contributed by atoms with van der Waals surface area (Å²) in [7, 11) is 0. The van der Waals surface area contributed by atoms with Crippen LogP contribution in [0.15, 0.2) is 0 Å². The maximum atomic E-state index is 12.0. The maximum absolute atomic E-state index is 12.0. The third kappa shape index (κ3) is 4.90. The van der Waals surface area contributed by atoms with Crippen LogP contribution in [0.1, 0.15) is 125 Å². The highest BCUT2D eigenvalue weighted by Gasteiger charge is 2.70. The number of ether oxygens (including phenoxy) is 3. The van der Waals surface area contributed by atoms with Crippen molar-refractivity contribution in [2.45, 2.75) is 167 Å². The molecule has 19 atom stereocenters. The van der Waals surface area contributed by atoms with E-state index in [4.69, 9.17) is 24.0 Å². The van der Waals surface area contributed by atoms with Gasteiger partial charge in [0.25, 0.3) is 0 Å². The van der Waals surface area contributed by atoms with Gasteiger partial charge in [0.2, 0.25) is 5.79 Å². The lowest BCUT2D eigenvalue weighted by Crippen LogP contribution is -2.70. The topological polar surface area (TPSA) is 124 Å². The van der Waals surface area contributed by atoms with Crippen LogP contribution in [0.3, 0.4) is 0 Å². The number of carboxylic acid groups (broad SMARTS) is 1. The van der Waals surface area contributed by atoms with Crippen LogP contribution >= 0.6 is 0 Å². The van der Waals surface area contributed by atoms with E-state index in [1.165, 1.54) is 6.42 Å². The molecule has 9 aliphatic rings. The van der Waals surface area contributed by atoms with Crippen LogP contribution in [-0.4, -0.2) is 63.6 Å². The lowest BCUT2D eigenvalue weighted by molar-refractivity contribution is -0.578. The Labute approximate surface area is 287 Å². The van der Waals surface area contributed by atoms with Gasteiger partial charge >= 0.3 is 5.97 Å². The molecule has 0 aromatic heterocycles. The highest BCUT2D eigenvalue weighted by atomic mass is 17.3. The first-order valence-electron chi connectivity index (χ1n) is 19.6. The van der Waals surface area contributed by atoms with E-state index in [0.29, 0.717) is 24.2 Å². The fourth-order valence-electron chi connectivity index (χ4n) is 14.0. The quantitative estimate of drug-likeness (QED) is 0.209. The van der Waals surface area contributed by atoms with Gasteiger partial charge in [0.15, 0.2) is 18.2 Å². The third-order valence-corrected chi connectivity index (χ3v) is 16.7. The number of fused-ring (bicyclic) bond motifs is 7. The number of hydrogen-bond acceptors (Lipinski definition) is 8. The molecule has 5 saturated carbocycles. The first-order chi connectivity index (χ1) is 22.7. The largest absolute Gasteiger partial charge is 0.481 e. The number of carboxylic acids is 1. The molecule has 0 amide bonds. The Morgan fingerprint density at radius 2 is 1.67 bits per heavy atom. The molecule has 4 heterocycles. The minimum absolute atomic E-state index is 0.0399. The molecule has 1 spiro atoms. The first kappa shape index (κ1) is 34.3. The van der Waals surface area contributed by atoms with Crippen molar-refractivity contribution >= 4 is 5.97 Å². The fourth-order valence-corrected chi connectivity index (χ4v) is 14.0. The SMILES string of the molecule is C[C@H]1C(O[C@@H]2CC[C@@]3(C)C(C2)C[C@H](O)C2C3C[C@H](O)[C@@]3(C)C2CC[C@@H]3[C@H](C)CCC(=O)O)OC2O[C@]3(C)CCC4[C@H](C)CCC1C24OO3. The van der Waals surface area contributed by atoms with Crippen molar-refractivity contribution in [3.05, 3.63) is 0 Å². The molecule has 2 bridgehead atoms. The molecule has 9 heteroatoms. The molecule has 4 saturated heterocycles. The smallest absolute Gasteiger partial charge is 0.303 e. The van der Waals surface area contributed by atoms with Gasteiger partial charge in [-0.1, -0.05) is 34.6 Å². The van der Waals surface area contributed by atoms with E-state index in [0.717, 1.165) is 64.2 Å². The molecule has 9 fully saturated rings. The predicted molar refractivity (Wildman–Crippen MR) is 176 cm³/mol. The summed E-state index contributed by atoms with van der Waals surface area (Å²) in [6.07, 6.45) is 9.56. The van der Waals surface area contributed by atoms with Crippen LogP contribution in [0.25, 0.3) is 0 Å². The molecule has 4 aliphatic heterocycles. The van der Waals surface area contributed by atoms with Gasteiger partial charge < -0.3 is 29.5 Å². The molecule has 5 aliphatic carbocycles. The summed E-state index contributed by atoms with van der Waals surface area (Å²) in [6, 6.07) is 0. The molecule has 9 nitrogen and oxygen atoms in total. The normalized spacial score (nSPS) is 57.8. The Morgan fingerprint density at radius 1 is 0.896 bits per heavy atom. The summed E-state index contributed by atoms with van der Waals surface area (Å²) in [4.78, 5) is 23.7. The van der Waals surface area contributed by atoms with E-state index in [1.807, 2.05) is 6.92 Å². The van der Waals surface area contributed by atoms with Crippen molar-refractivity contribution in [1.82, 2.24) is 0 Å². The maximum Gasteiger partial charge on any atom is 0.303 e. The third-order valence-electron chi connectivity index (χ3n) is 16.7. The number of rotatable bonds is 6. The molecule has 3 N–H and O–H groups in total. The molecule has 0 aromatic carbocycles. The zero-order valence-electron chi connectivity index (χ0n) is 30.1. The van der Waals surface area contributed by atoms with Gasteiger partial charge in [0.05, 0.1) is 18.3 Å². The number of aliphatic carboxylic acids is 1. The Morgan fingerprint density at radius 3 is 2.44 bits per heavy atom. The highest BCUT2D eigenvalue weighted by Crippen LogP contribution is 2.69. The Kier molecular flexibility index (Phi) is 8.47. The molecule has 0 aromatic rings. The summed E-state index contributed by atoms with van der Waals surface area (Å²) in [6.45, 7) is 13.4. The van der Waals surface area contributed by atoms with E-state index in [-0.39, 0.29) is 71.1 Å². The second-order valence-electron chi connectivity index (χ2n) is 18.8. The fraction of sp³-hybridized carbons (Fsp3) is 0.974. The molecule has 272 valence electrons. The average Bonchev–Trinajstić information content (AvgIpc) is 3.24. The van der Waals surface area contributed by atoms with Crippen molar-refractivity contribution in [3.63, 3.8) is 0 Å². The highest BCUT2D eigenvalue weighted by molar-refractivity contribution is 5.66. The minimum Gasteiger partial charge on any atom is -0.481 e. The monoisotopic (exact) mass is 674 g/mol. The van der Waals surface area contributed by atoms with E-state index >= 15 is 0 Å². The van der Waals surface area contributed by atoms with Crippen molar-refractivity contribution < 1.29 is 44.1 Å². The number of hydrogen-bond donors (Lipinski definition) is 3. The molecule has 9 rings (SSSR count). The number of aliphatic hydroxyl groups is 2. The first-order valence-corrected chi connectivity index (χ1v) is 19.6. The summed E-state index contributed by atoms with van der Waals surface area (Å²) in [5.41, 5.74) is -0.834. The van der Waals surface area contributed by atoms with Crippen molar-refractivity contribution in [2.75, 3.05) is 0 Å². The van der Waals surface area contributed by atoms with Gasteiger partial charge in [-0.15, -0.1) is 0 Å². The number of aliphatic hydroxyl groups excluding tert-OH is 2. The van der Waals surface area contributed by atoms with Crippen LogP contribution in [0, 0.1) is 70.0 Å². The van der Waals surface area contributed by atoms with E-state index in [9.17, 15) is 20.1 Å². The lowest BCUT2D eigenvalue weighted by Gasteiger charge is -2.64. The molecule has 48 heavy (non-hydrogen) atoms. The van der Waals surface area contributed by atoms with Crippen molar-refractivity contribution in [3.8, 4) is 0 Å². The average molecular weight is 675 g/mol. The van der Waals surface area contributed by atoms with E-state index in [2.05, 4.69) is 34.6 Å². The Bertz CT molecular complexity index is 1250. The summed E-state index contributed by atoms with van der Waals surface area (Å²) in [5.74, 6) is 1.23. The van der Waals surface area contributed by atoms with Crippen LogP contribution in [0.5, 0.6) is 0 Å². The van der Waals surface area contributed by atoms with Gasteiger partial charge in [-0.3, -0.25) is 4.79 Å². The molecule has 9 unspecified atom stereocenters. The Balaban J connectivity index is 0.975. The second kappa shape index (κ2) is 11.9. The van der Waals surface area contributed by atoms with Gasteiger partial charge in [0, 0.05) is 24.7 Å². The van der Waals surface area contributed by atoms with Crippen molar-refractivity contribution in [1.29, 1.82) is 0 Å². The van der Waals surface area contributed by atoms with Crippen LogP contribution < -0.4 is 0 Å². The van der Waals surface area contributed by atoms with E-state index < -0.39 is 35.9 Å². The zero-order valence-corrected chi connectivity index (χ0v) is 30.1. The number of carbonyl (C=O) groups is 1.